The molecule has 0 spiro atoms. The van der Waals surface area contributed by atoms with Crippen molar-refractivity contribution in [1.29, 1.82) is 0 Å². The monoisotopic (exact) mass is 284 g/mol. The first-order valence-corrected chi connectivity index (χ1v) is 6.60. The van der Waals surface area contributed by atoms with E-state index in [1.807, 2.05) is 37.3 Å². The van der Waals surface area contributed by atoms with Crippen LogP contribution in [0.3, 0.4) is 0 Å². The lowest BCUT2D eigenvalue weighted by Gasteiger charge is -2.11. The number of nitrogens with zero attached hydrogens (tertiary/aromatic N) is 1. The van der Waals surface area contributed by atoms with Gasteiger partial charge in [0.05, 0.1) is 11.2 Å². The van der Waals surface area contributed by atoms with E-state index in [9.17, 15) is 0 Å². The molecule has 0 saturated heterocycles. The van der Waals surface area contributed by atoms with Crippen LogP contribution in [0.4, 0.5) is 5.69 Å². The van der Waals surface area contributed by atoms with Gasteiger partial charge in [0.15, 0.2) is 5.75 Å². The number of nitrogens with two attached hydrogens (primary N) is 1. The third-order valence-corrected chi connectivity index (χ3v) is 3.28. The summed E-state index contributed by atoms with van der Waals surface area (Å²) in [5.41, 5.74) is 8.23. The SMILES string of the molecule is Cc1cc2ccccc2nc1Oc1ccc(Cl)cc1N. The van der Waals surface area contributed by atoms with Gasteiger partial charge in [-0.25, -0.2) is 4.98 Å². The molecule has 1 heterocycles. The van der Waals surface area contributed by atoms with E-state index in [1.165, 1.54) is 0 Å². The molecule has 0 unspecified atom stereocenters. The second-order valence-corrected chi connectivity index (χ2v) is 5.02. The third kappa shape index (κ3) is 2.40. The largest absolute Gasteiger partial charge is 0.437 e. The molecule has 3 rings (SSSR count). The number of halogens is 1. The Balaban J connectivity index is 2.03. The molecule has 2 N–H and O–H groups in total. The normalized spacial score (nSPS) is 10.7. The lowest BCUT2D eigenvalue weighted by Crippen LogP contribution is -1.96. The van der Waals surface area contributed by atoms with Crippen molar-refractivity contribution < 1.29 is 4.74 Å². The van der Waals surface area contributed by atoms with Crippen LogP contribution in [0.1, 0.15) is 5.56 Å². The van der Waals surface area contributed by atoms with E-state index in [4.69, 9.17) is 22.1 Å². The van der Waals surface area contributed by atoms with Crippen LogP contribution in [0.2, 0.25) is 5.02 Å². The predicted octanol–water partition coefficient (Wildman–Crippen LogP) is 4.57. The number of fused-ring (bicyclic) bond motifs is 1. The van der Waals surface area contributed by atoms with Gasteiger partial charge in [-0.2, -0.15) is 0 Å². The zero-order valence-corrected chi connectivity index (χ0v) is 11.7. The number of para-hydroxylation sites is 1. The molecule has 0 aliphatic rings. The molecular formula is C16H13ClN2O. The van der Waals surface area contributed by atoms with Crippen LogP contribution in [-0.4, -0.2) is 4.98 Å². The predicted molar refractivity (Wildman–Crippen MR) is 82.4 cm³/mol. The van der Waals surface area contributed by atoms with Crippen molar-refractivity contribution in [3.63, 3.8) is 0 Å². The number of aromatic nitrogens is 1. The van der Waals surface area contributed by atoms with Crippen molar-refractivity contribution >= 4 is 28.2 Å². The van der Waals surface area contributed by atoms with Crippen LogP contribution < -0.4 is 10.5 Å². The van der Waals surface area contributed by atoms with E-state index in [0.29, 0.717) is 22.3 Å². The molecule has 0 saturated carbocycles. The van der Waals surface area contributed by atoms with Gasteiger partial charge in [-0.15, -0.1) is 0 Å². The van der Waals surface area contributed by atoms with Gasteiger partial charge in [0, 0.05) is 16.0 Å². The minimum atomic E-state index is 0.492. The Morgan fingerprint density at radius 1 is 1.10 bits per heavy atom. The maximum atomic E-state index is 5.89. The molecule has 0 radical (unpaired) electrons. The highest BCUT2D eigenvalue weighted by Crippen LogP contribution is 2.31. The molecule has 100 valence electrons. The topological polar surface area (TPSA) is 48.1 Å². The van der Waals surface area contributed by atoms with Gasteiger partial charge in [-0.3, -0.25) is 0 Å². The average Bonchev–Trinajstić information content (AvgIpc) is 2.42. The minimum absolute atomic E-state index is 0.492. The van der Waals surface area contributed by atoms with E-state index in [0.717, 1.165) is 16.5 Å². The lowest BCUT2D eigenvalue weighted by atomic mass is 10.2. The summed E-state index contributed by atoms with van der Waals surface area (Å²) in [6.07, 6.45) is 0. The molecule has 0 fully saturated rings. The molecule has 3 nitrogen and oxygen atoms in total. The Labute approximate surface area is 122 Å². The number of hydrogen-bond acceptors (Lipinski definition) is 3. The summed E-state index contributed by atoms with van der Waals surface area (Å²) in [6.45, 7) is 1.96. The molecule has 20 heavy (non-hydrogen) atoms. The summed E-state index contributed by atoms with van der Waals surface area (Å²) in [5, 5.41) is 1.67. The van der Waals surface area contributed by atoms with Gasteiger partial charge in [0.2, 0.25) is 5.88 Å². The molecule has 0 amide bonds. The molecule has 1 aromatic heterocycles. The standard InChI is InChI=1S/C16H13ClN2O/c1-10-8-11-4-2-3-5-14(11)19-16(10)20-15-7-6-12(17)9-13(15)18/h2-9H,18H2,1H3. The summed E-state index contributed by atoms with van der Waals surface area (Å²) in [7, 11) is 0. The van der Waals surface area contributed by atoms with Gasteiger partial charge >= 0.3 is 0 Å². The van der Waals surface area contributed by atoms with Gasteiger partial charge in [-0.1, -0.05) is 29.8 Å². The van der Waals surface area contributed by atoms with Gasteiger partial charge in [-0.05, 0) is 37.3 Å². The molecule has 0 bridgehead atoms. The third-order valence-electron chi connectivity index (χ3n) is 3.05. The highest BCUT2D eigenvalue weighted by Gasteiger charge is 2.08. The van der Waals surface area contributed by atoms with E-state index < -0.39 is 0 Å². The Morgan fingerprint density at radius 3 is 2.70 bits per heavy atom. The summed E-state index contributed by atoms with van der Waals surface area (Å²) < 4.78 is 5.81. The molecule has 0 aliphatic heterocycles. The molecule has 0 atom stereocenters. The number of rotatable bonds is 2. The summed E-state index contributed by atoms with van der Waals surface area (Å²) in [6, 6.07) is 15.1. The number of aryl methyl sites for hydroxylation is 1. The van der Waals surface area contributed by atoms with Crippen molar-refractivity contribution in [3.8, 4) is 11.6 Å². The van der Waals surface area contributed by atoms with Crippen LogP contribution in [-0.2, 0) is 0 Å². The Hall–Kier alpha value is -2.26. The van der Waals surface area contributed by atoms with E-state index in [2.05, 4.69) is 4.98 Å². The molecule has 2 aromatic carbocycles. The highest BCUT2D eigenvalue weighted by atomic mass is 35.5. The number of benzene rings is 2. The maximum Gasteiger partial charge on any atom is 0.222 e. The van der Waals surface area contributed by atoms with Crippen LogP contribution in [0.25, 0.3) is 10.9 Å². The quantitative estimate of drug-likeness (QED) is 0.701. The van der Waals surface area contributed by atoms with Crippen LogP contribution in [0.5, 0.6) is 11.6 Å². The Kier molecular flexibility index (Phi) is 3.20. The van der Waals surface area contributed by atoms with E-state index >= 15 is 0 Å². The second-order valence-electron chi connectivity index (χ2n) is 4.59. The molecular weight excluding hydrogens is 272 g/mol. The van der Waals surface area contributed by atoms with E-state index in [-0.39, 0.29) is 0 Å². The van der Waals surface area contributed by atoms with Crippen molar-refractivity contribution in [2.75, 3.05) is 5.73 Å². The minimum Gasteiger partial charge on any atom is -0.437 e. The number of ether oxygens (including phenoxy) is 1. The molecule has 4 heteroatoms. The van der Waals surface area contributed by atoms with Crippen molar-refractivity contribution in [2.45, 2.75) is 6.92 Å². The van der Waals surface area contributed by atoms with Crippen LogP contribution in [0.15, 0.2) is 48.5 Å². The fourth-order valence-corrected chi connectivity index (χ4v) is 2.20. The lowest BCUT2D eigenvalue weighted by molar-refractivity contribution is 0.463. The van der Waals surface area contributed by atoms with Crippen molar-refractivity contribution in [3.05, 3.63) is 59.1 Å². The number of anilines is 1. The Morgan fingerprint density at radius 2 is 1.90 bits per heavy atom. The fraction of sp³-hybridized carbons (Fsp3) is 0.0625. The number of hydrogen-bond donors (Lipinski definition) is 1. The van der Waals surface area contributed by atoms with Crippen molar-refractivity contribution in [1.82, 2.24) is 4.98 Å². The fourth-order valence-electron chi connectivity index (χ4n) is 2.02. The first kappa shape index (κ1) is 12.8. The number of nitrogen functional groups attached to an aromatic ring is 1. The first-order chi connectivity index (χ1) is 9.63. The van der Waals surface area contributed by atoms with Gasteiger partial charge in [0.1, 0.15) is 0 Å². The first-order valence-electron chi connectivity index (χ1n) is 6.23. The Bertz CT molecular complexity index is 787. The highest BCUT2D eigenvalue weighted by molar-refractivity contribution is 6.30. The summed E-state index contributed by atoms with van der Waals surface area (Å²) in [5.74, 6) is 1.11. The smallest absolute Gasteiger partial charge is 0.222 e. The van der Waals surface area contributed by atoms with Crippen LogP contribution in [0, 0.1) is 6.92 Å². The van der Waals surface area contributed by atoms with Crippen LogP contribution >= 0.6 is 11.6 Å². The molecule has 3 aromatic rings. The average molecular weight is 285 g/mol. The number of pyridine rings is 1. The van der Waals surface area contributed by atoms with E-state index in [1.54, 1.807) is 18.2 Å². The maximum absolute atomic E-state index is 5.89. The summed E-state index contributed by atoms with van der Waals surface area (Å²) in [4.78, 5) is 4.52. The zero-order valence-electron chi connectivity index (χ0n) is 10.9. The zero-order chi connectivity index (χ0) is 14.1. The van der Waals surface area contributed by atoms with Crippen molar-refractivity contribution in [2.24, 2.45) is 0 Å². The molecule has 0 aliphatic carbocycles. The van der Waals surface area contributed by atoms with Gasteiger partial charge < -0.3 is 10.5 Å². The summed E-state index contributed by atoms with van der Waals surface area (Å²) >= 11 is 5.88. The second kappa shape index (κ2) is 5.02. The van der Waals surface area contributed by atoms with Gasteiger partial charge in [0.25, 0.3) is 0 Å².